The first-order chi connectivity index (χ1) is 20.0. The third kappa shape index (κ3) is 4.18. The second-order valence-corrected chi connectivity index (χ2v) is 12.4. The van der Waals surface area contributed by atoms with Crippen LogP contribution in [0, 0.1) is 17.8 Å². The zero-order chi connectivity index (χ0) is 30.2. The molecule has 2 aromatic carbocycles. The van der Waals surface area contributed by atoms with Crippen LogP contribution < -0.4 is 15.1 Å². The van der Waals surface area contributed by atoms with Crippen molar-refractivity contribution >= 4 is 73.5 Å². The number of rotatable bonds is 4. The number of Topliss-reactive ketones (excluding diaryl/α,β-unsaturated/α-hetero) is 1. The Balaban J connectivity index is 1.51. The smallest absolute Gasteiger partial charge is 0.488 e. The molecule has 4 atom stereocenters. The van der Waals surface area contributed by atoms with Gasteiger partial charge in [0.2, 0.25) is 11.8 Å². The summed E-state index contributed by atoms with van der Waals surface area (Å²) < 4.78 is 6.17. The zero-order valence-corrected chi connectivity index (χ0v) is 25.6. The van der Waals surface area contributed by atoms with Crippen molar-refractivity contribution in [2.45, 2.75) is 25.7 Å². The lowest BCUT2D eigenvalue weighted by atomic mass is 9.59. The first-order valence-electron chi connectivity index (χ1n) is 13.2. The summed E-state index contributed by atoms with van der Waals surface area (Å²) in [6.45, 7) is 1.59. The average molecular weight is 697 g/mol. The van der Waals surface area contributed by atoms with Crippen molar-refractivity contribution in [2.24, 2.45) is 17.8 Å². The van der Waals surface area contributed by atoms with Crippen LogP contribution in [0.4, 0.5) is 5.69 Å². The second-order valence-electron chi connectivity index (χ2n) is 10.9. The summed E-state index contributed by atoms with van der Waals surface area (Å²) in [7, 11) is -0.369. The Bertz CT molecular complexity index is 1710. The van der Waals surface area contributed by atoms with E-state index in [2.05, 4.69) is 31.9 Å². The minimum absolute atomic E-state index is 0.115. The highest BCUT2D eigenvalue weighted by Crippen LogP contribution is 2.57. The van der Waals surface area contributed by atoms with E-state index in [1.165, 1.54) is 25.3 Å². The summed E-state index contributed by atoms with van der Waals surface area (Å²) >= 11 is 6.95. The van der Waals surface area contributed by atoms with Gasteiger partial charge in [-0.25, -0.2) is 0 Å². The van der Waals surface area contributed by atoms with Gasteiger partial charge in [0.1, 0.15) is 0 Å². The Morgan fingerprint density at radius 2 is 1.76 bits per heavy atom. The fourth-order valence-electron chi connectivity index (χ4n) is 6.77. The van der Waals surface area contributed by atoms with Crippen LogP contribution in [0.15, 0.2) is 73.7 Å². The minimum atomic E-state index is -1.77. The molecule has 42 heavy (non-hydrogen) atoms. The fourth-order valence-corrected chi connectivity index (χ4v) is 7.73. The number of phenols is 1. The number of imide groups is 1. The summed E-state index contributed by atoms with van der Waals surface area (Å²) in [5.74, 6) is -4.22. The maximum atomic E-state index is 14.1. The second kappa shape index (κ2) is 10.4. The third-order valence-corrected chi connectivity index (χ3v) is 10.9. The number of halogens is 2. The average Bonchev–Trinajstić information content (AvgIpc) is 3.23. The summed E-state index contributed by atoms with van der Waals surface area (Å²) in [4.78, 5) is 55.9. The lowest BCUT2D eigenvalue weighted by molar-refractivity contribution is -0.123. The summed E-state index contributed by atoms with van der Waals surface area (Å²) in [5, 5.41) is 29.9. The zero-order valence-electron chi connectivity index (χ0n) is 22.4. The number of phenolic OH excluding ortho intramolecular Hbond substituents is 1. The van der Waals surface area contributed by atoms with E-state index in [-0.39, 0.29) is 47.1 Å². The molecule has 3 aliphatic carbocycles. The van der Waals surface area contributed by atoms with Crippen molar-refractivity contribution < 1.29 is 39.1 Å². The largest absolute Gasteiger partial charge is 0.503 e. The van der Waals surface area contributed by atoms with Crippen LogP contribution in [-0.2, 0) is 19.2 Å². The molecule has 12 heteroatoms. The number of aromatic hydroxyl groups is 1. The van der Waals surface area contributed by atoms with E-state index in [1.807, 2.05) is 6.08 Å². The number of benzene rings is 2. The molecule has 2 aromatic rings. The van der Waals surface area contributed by atoms with E-state index in [0.717, 1.165) is 10.5 Å². The predicted molar refractivity (Wildman–Crippen MR) is 160 cm³/mol. The van der Waals surface area contributed by atoms with Crippen LogP contribution >= 0.6 is 31.9 Å². The number of amides is 2. The Kier molecular flexibility index (Phi) is 7.16. The Morgan fingerprint density at radius 3 is 2.45 bits per heavy atom. The number of ether oxygens (including phenoxy) is 1. The lowest BCUT2D eigenvalue weighted by Gasteiger charge is -2.42. The first kappa shape index (κ1) is 28.8. The van der Waals surface area contributed by atoms with Crippen LogP contribution in [0.5, 0.6) is 11.5 Å². The van der Waals surface area contributed by atoms with E-state index >= 15 is 0 Å². The molecule has 9 nitrogen and oxygen atoms in total. The van der Waals surface area contributed by atoms with Gasteiger partial charge in [0.15, 0.2) is 23.1 Å². The van der Waals surface area contributed by atoms with Crippen LogP contribution in [0.1, 0.15) is 31.2 Å². The van der Waals surface area contributed by atoms with Gasteiger partial charge in [-0.2, -0.15) is 0 Å². The lowest BCUT2D eigenvalue weighted by Crippen LogP contribution is -2.40. The van der Waals surface area contributed by atoms with Gasteiger partial charge in [-0.1, -0.05) is 23.8 Å². The van der Waals surface area contributed by atoms with Crippen LogP contribution in [0.3, 0.4) is 0 Å². The molecule has 3 N–H and O–H groups in total. The molecule has 0 bridgehead atoms. The number of hydrogen-bond donors (Lipinski definition) is 3. The molecule has 0 aromatic heterocycles. The van der Waals surface area contributed by atoms with Crippen molar-refractivity contribution in [3.05, 3.63) is 79.3 Å². The van der Waals surface area contributed by atoms with Crippen molar-refractivity contribution in [3.8, 4) is 11.5 Å². The van der Waals surface area contributed by atoms with E-state index in [4.69, 9.17) is 4.74 Å². The van der Waals surface area contributed by atoms with Crippen LogP contribution in [0.2, 0.25) is 0 Å². The molecule has 1 heterocycles. The topological polar surface area (TPSA) is 141 Å². The van der Waals surface area contributed by atoms with Gasteiger partial charge in [-0.05, 0) is 92.8 Å². The molecule has 6 rings (SSSR count). The predicted octanol–water partition coefficient (Wildman–Crippen LogP) is 3.24. The monoisotopic (exact) mass is 695 g/mol. The molecule has 2 amide bonds. The summed E-state index contributed by atoms with van der Waals surface area (Å²) in [5.41, 5.74) is 2.61. The van der Waals surface area contributed by atoms with Gasteiger partial charge >= 0.3 is 7.12 Å². The maximum absolute atomic E-state index is 14.1. The molecule has 1 aliphatic heterocycles. The quantitative estimate of drug-likeness (QED) is 0.192. The highest BCUT2D eigenvalue weighted by molar-refractivity contribution is 9.13. The van der Waals surface area contributed by atoms with Crippen molar-refractivity contribution in [1.82, 2.24) is 0 Å². The van der Waals surface area contributed by atoms with E-state index < -0.39 is 42.6 Å². The normalized spacial score (nSPS) is 25.1. The molecular formula is C30H24BBr2NO8. The SMILES string of the molecule is COc1cc([C@H]2C3=CC[C@@H]4C(=O)N(c5cccc(B(O)O)c5)C(=O)[C@@H]4[C@@H]3CC3=C2C(=O)C(C)=CC3=O)c(Br)c(Br)c1O. The number of fused-ring (bicyclic) bond motifs is 3. The molecular weight excluding hydrogens is 673 g/mol. The number of anilines is 1. The van der Waals surface area contributed by atoms with Gasteiger partial charge < -0.3 is 19.9 Å². The summed E-state index contributed by atoms with van der Waals surface area (Å²) in [6, 6.07) is 7.59. The van der Waals surface area contributed by atoms with Crippen molar-refractivity contribution in [3.63, 3.8) is 0 Å². The Labute approximate surface area is 257 Å². The van der Waals surface area contributed by atoms with Gasteiger partial charge in [0.05, 0.1) is 29.1 Å². The summed E-state index contributed by atoms with van der Waals surface area (Å²) in [6.07, 6.45) is 3.57. The molecule has 1 fully saturated rings. The molecule has 0 spiro atoms. The van der Waals surface area contributed by atoms with Crippen LogP contribution in [-0.4, -0.2) is 52.8 Å². The van der Waals surface area contributed by atoms with Crippen LogP contribution in [0.25, 0.3) is 0 Å². The number of carbonyl (C=O) groups is 4. The van der Waals surface area contributed by atoms with Gasteiger partial charge in [-0.15, -0.1) is 0 Å². The maximum Gasteiger partial charge on any atom is 0.488 e. The highest BCUT2D eigenvalue weighted by Gasteiger charge is 2.57. The number of hydrogen-bond acceptors (Lipinski definition) is 8. The molecule has 0 radical (unpaired) electrons. The number of ketones is 2. The Morgan fingerprint density at radius 1 is 1.02 bits per heavy atom. The van der Waals surface area contributed by atoms with Gasteiger partial charge in [0, 0.05) is 27.1 Å². The van der Waals surface area contributed by atoms with Crippen molar-refractivity contribution in [2.75, 3.05) is 12.0 Å². The fraction of sp³-hybridized carbons (Fsp3) is 0.267. The van der Waals surface area contributed by atoms with E-state index in [1.54, 1.807) is 25.1 Å². The van der Waals surface area contributed by atoms with Gasteiger partial charge in [-0.3, -0.25) is 24.1 Å². The first-order valence-corrected chi connectivity index (χ1v) is 14.8. The van der Waals surface area contributed by atoms with E-state index in [0.29, 0.717) is 31.2 Å². The standard InChI is InChI=1S/C30H24BBr2NO8/c1-12-8-20(35)18-10-17-15(22(24(18)27(12)36)19-11-21(42-2)28(37)26(33)25(19)32)6-7-16-23(17)30(39)34(29(16)38)14-5-3-4-13(9-14)31(40)41/h3-6,8-9,11,16-17,22-23,37,40-41H,7,10H2,1-2H3/t16-,17+,22+,23-/m0/s1. The molecule has 214 valence electrons. The number of methoxy groups -OCH3 is 1. The highest BCUT2D eigenvalue weighted by atomic mass is 79.9. The number of allylic oxidation sites excluding steroid dienone is 6. The molecule has 1 saturated heterocycles. The van der Waals surface area contributed by atoms with Crippen molar-refractivity contribution in [1.29, 1.82) is 0 Å². The minimum Gasteiger partial charge on any atom is -0.503 e. The van der Waals surface area contributed by atoms with E-state index in [9.17, 15) is 34.3 Å². The molecule has 0 unspecified atom stereocenters. The van der Waals surface area contributed by atoms with Gasteiger partial charge in [0.25, 0.3) is 0 Å². The molecule has 0 saturated carbocycles. The third-order valence-electron chi connectivity index (χ3n) is 8.70. The molecule has 4 aliphatic rings. The number of carbonyl (C=O) groups excluding carboxylic acids is 4. The Hall–Kier alpha value is -3.32. The number of nitrogens with zero attached hydrogens (tertiary/aromatic N) is 1.